The van der Waals surface area contributed by atoms with Crippen LogP contribution in [0.1, 0.15) is 27.2 Å². The Hall–Kier alpha value is -3.85. The topological polar surface area (TPSA) is 80.0 Å². The number of aryl methyl sites for hydroxylation is 1. The van der Waals surface area contributed by atoms with Crippen LogP contribution in [0.5, 0.6) is 0 Å². The van der Waals surface area contributed by atoms with Gasteiger partial charge in [-0.05, 0) is 66.1 Å². The van der Waals surface area contributed by atoms with Crippen LogP contribution >= 0.6 is 11.3 Å². The van der Waals surface area contributed by atoms with Gasteiger partial charge >= 0.3 is 6.18 Å². The van der Waals surface area contributed by atoms with Crippen molar-refractivity contribution in [1.29, 1.82) is 0 Å². The first-order valence-corrected chi connectivity index (χ1v) is 11.7. The molecule has 1 heterocycles. The summed E-state index contributed by atoms with van der Waals surface area (Å²) in [6.45, 7) is 2.51. The number of nitrogens with one attached hydrogen (secondary N) is 2. The Kier molecular flexibility index (Phi) is 7.07. The Bertz CT molecular complexity index is 1320. The Balaban J connectivity index is 1.45. The highest BCUT2D eigenvalue weighted by Crippen LogP contribution is 2.33. The lowest BCUT2D eigenvalue weighted by Gasteiger charge is -2.15. The van der Waals surface area contributed by atoms with Gasteiger partial charge in [-0.3, -0.25) is 4.79 Å². The van der Waals surface area contributed by atoms with Gasteiger partial charge in [0, 0.05) is 35.3 Å². The van der Waals surface area contributed by atoms with Gasteiger partial charge in [0.2, 0.25) is 0 Å². The molecule has 4 aromatic rings. The summed E-state index contributed by atoms with van der Waals surface area (Å²) in [6.07, 6.45) is -3.67. The van der Waals surface area contributed by atoms with Crippen LogP contribution in [0.3, 0.4) is 0 Å². The molecule has 4 N–H and O–H groups in total. The lowest BCUT2D eigenvalue weighted by molar-refractivity contribution is -0.137. The molecule has 180 valence electrons. The van der Waals surface area contributed by atoms with Crippen molar-refractivity contribution in [1.82, 2.24) is 4.98 Å². The molecule has 0 saturated carbocycles. The maximum atomic E-state index is 13.1. The molecule has 0 fully saturated rings. The van der Waals surface area contributed by atoms with Gasteiger partial charge in [0.05, 0.1) is 11.3 Å². The Morgan fingerprint density at radius 2 is 1.69 bits per heavy atom. The molecule has 0 aliphatic heterocycles. The maximum Gasteiger partial charge on any atom is 0.416 e. The summed E-state index contributed by atoms with van der Waals surface area (Å²) in [7, 11) is 0. The van der Waals surface area contributed by atoms with Gasteiger partial charge in [-0.1, -0.05) is 24.3 Å². The SMILES string of the molecule is Cc1cccc(C(=O)Nc2ccc(NCCc3csc(N)n3)cc2)c1-c1ccc(C(F)(F)F)cc1. The Morgan fingerprint density at radius 1 is 1.00 bits per heavy atom. The van der Waals surface area contributed by atoms with Crippen LogP contribution in [0.25, 0.3) is 11.1 Å². The fourth-order valence-electron chi connectivity index (χ4n) is 3.71. The van der Waals surface area contributed by atoms with E-state index in [0.29, 0.717) is 34.1 Å². The summed E-state index contributed by atoms with van der Waals surface area (Å²) in [5.41, 5.74) is 9.66. The number of anilines is 3. The molecule has 0 unspecified atom stereocenters. The number of alkyl halides is 3. The minimum Gasteiger partial charge on any atom is -0.385 e. The van der Waals surface area contributed by atoms with Crippen molar-refractivity contribution in [2.75, 3.05) is 22.9 Å². The fraction of sp³-hybridized carbons (Fsp3) is 0.154. The molecule has 0 aliphatic rings. The Morgan fingerprint density at radius 3 is 2.31 bits per heavy atom. The van der Waals surface area contributed by atoms with Gasteiger partial charge in [0.1, 0.15) is 0 Å². The van der Waals surface area contributed by atoms with Crippen LogP contribution in [0.15, 0.2) is 72.1 Å². The van der Waals surface area contributed by atoms with Crippen LogP contribution in [0, 0.1) is 6.92 Å². The van der Waals surface area contributed by atoms with Gasteiger partial charge in [-0.15, -0.1) is 11.3 Å². The summed E-state index contributed by atoms with van der Waals surface area (Å²) in [5.74, 6) is -0.342. The molecule has 1 aromatic heterocycles. The average Bonchev–Trinajstić information content (AvgIpc) is 3.24. The molecular formula is C26H23F3N4OS. The standard InChI is InChI=1S/C26H23F3N4OS/c1-16-3-2-4-22(23(16)17-5-7-18(8-6-17)26(27,28)29)24(34)32-20-11-9-19(10-12-20)31-14-13-21-15-35-25(30)33-21/h2-12,15,31H,13-14H2,1H3,(H2,30,33)(H,32,34). The predicted molar refractivity (Wildman–Crippen MR) is 135 cm³/mol. The normalized spacial score (nSPS) is 11.3. The van der Waals surface area contributed by atoms with E-state index < -0.39 is 11.7 Å². The number of carbonyl (C=O) groups excluding carboxylic acids is 1. The van der Waals surface area contributed by atoms with Crippen LogP contribution < -0.4 is 16.4 Å². The number of nitrogens with zero attached hydrogens (tertiary/aromatic N) is 1. The van der Waals surface area contributed by atoms with Crippen molar-refractivity contribution in [3.05, 3.63) is 94.5 Å². The lowest BCUT2D eigenvalue weighted by Crippen LogP contribution is -2.14. The molecule has 0 aliphatic carbocycles. The quantitative estimate of drug-likeness (QED) is 0.268. The highest BCUT2D eigenvalue weighted by Gasteiger charge is 2.30. The molecule has 0 bridgehead atoms. The lowest BCUT2D eigenvalue weighted by atomic mass is 9.94. The molecule has 0 spiro atoms. The van der Waals surface area contributed by atoms with Crippen LogP contribution in [0.2, 0.25) is 0 Å². The number of nitrogens with two attached hydrogens (primary N) is 1. The molecule has 0 atom stereocenters. The maximum absolute atomic E-state index is 13.1. The van der Waals surface area contributed by atoms with Crippen molar-refractivity contribution in [2.24, 2.45) is 0 Å². The zero-order chi connectivity index (χ0) is 25.0. The van der Waals surface area contributed by atoms with E-state index in [2.05, 4.69) is 15.6 Å². The molecule has 0 radical (unpaired) electrons. The number of rotatable bonds is 7. The molecule has 4 rings (SSSR count). The first-order chi connectivity index (χ1) is 16.7. The number of hydrogen-bond acceptors (Lipinski definition) is 5. The number of halogens is 3. The Labute approximate surface area is 204 Å². The number of amides is 1. The molecule has 1 amide bonds. The number of nitrogen functional groups attached to an aromatic ring is 1. The largest absolute Gasteiger partial charge is 0.416 e. The summed E-state index contributed by atoms with van der Waals surface area (Å²) in [4.78, 5) is 17.3. The van der Waals surface area contributed by atoms with E-state index in [4.69, 9.17) is 5.73 Å². The molecule has 5 nitrogen and oxygen atoms in total. The monoisotopic (exact) mass is 496 g/mol. The summed E-state index contributed by atoms with van der Waals surface area (Å²) < 4.78 is 38.9. The van der Waals surface area contributed by atoms with E-state index >= 15 is 0 Å². The zero-order valence-corrected chi connectivity index (χ0v) is 19.6. The van der Waals surface area contributed by atoms with Crippen LogP contribution in [-0.4, -0.2) is 17.4 Å². The highest BCUT2D eigenvalue weighted by molar-refractivity contribution is 7.13. The second kappa shape index (κ2) is 10.2. The average molecular weight is 497 g/mol. The first kappa shape index (κ1) is 24.3. The number of benzene rings is 3. The number of thiazole rings is 1. The molecule has 3 aromatic carbocycles. The number of aromatic nitrogens is 1. The number of hydrogen-bond donors (Lipinski definition) is 3. The third kappa shape index (κ3) is 5.99. The first-order valence-electron chi connectivity index (χ1n) is 10.8. The van der Waals surface area contributed by atoms with E-state index in [9.17, 15) is 18.0 Å². The smallest absolute Gasteiger partial charge is 0.385 e. The van der Waals surface area contributed by atoms with Crippen molar-refractivity contribution in [2.45, 2.75) is 19.5 Å². The van der Waals surface area contributed by atoms with E-state index in [-0.39, 0.29) is 5.91 Å². The van der Waals surface area contributed by atoms with E-state index in [1.165, 1.54) is 23.5 Å². The second-order valence-electron chi connectivity index (χ2n) is 7.96. The summed E-state index contributed by atoms with van der Waals surface area (Å²) in [5, 5.41) is 8.65. The minimum atomic E-state index is -4.42. The molecule has 35 heavy (non-hydrogen) atoms. The zero-order valence-electron chi connectivity index (χ0n) is 18.8. The van der Waals surface area contributed by atoms with Gasteiger partial charge in [-0.2, -0.15) is 13.2 Å². The van der Waals surface area contributed by atoms with Gasteiger partial charge in [0.15, 0.2) is 5.13 Å². The van der Waals surface area contributed by atoms with Crippen molar-refractivity contribution >= 4 is 33.8 Å². The number of carbonyl (C=O) groups is 1. The second-order valence-corrected chi connectivity index (χ2v) is 8.85. The van der Waals surface area contributed by atoms with Crippen LogP contribution in [0.4, 0.5) is 29.7 Å². The highest BCUT2D eigenvalue weighted by atomic mass is 32.1. The van der Waals surface area contributed by atoms with Gasteiger partial charge < -0.3 is 16.4 Å². The van der Waals surface area contributed by atoms with Gasteiger partial charge in [-0.25, -0.2) is 4.98 Å². The van der Waals surface area contributed by atoms with E-state index in [0.717, 1.165) is 35.5 Å². The van der Waals surface area contributed by atoms with E-state index in [1.54, 1.807) is 24.3 Å². The van der Waals surface area contributed by atoms with E-state index in [1.807, 2.05) is 30.5 Å². The van der Waals surface area contributed by atoms with Crippen molar-refractivity contribution in [3.8, 4) is 11.1 Å². The minimum absolute atomic E-state index is 0.342. The third-order valence-corrected chi connectivity index (χ3v) is 6.16. The molecule has 0 saturated heterocycles. The van der Waals surface area contributed by atoms with Crippen molar-refractivity contribution in [3.63, 3.8) is 0 Å². The molecular weight excluding hydrogens is 473 g/mol. The summed E-state index contributed by atoms with van der Waals surface area (Å²) >= 11 is 1.41. The molecule has 9 heteroatoms. The fourth-order valence-corrected chi connectivity index (χ4v) is 4.31. The predicted octanol–water partition coefficient (Wildman–Crippen LogP) is 6.63. The van der Waals surface area contributed by atoms with Crippen molar-refractivity contribution < 1.29 is 18.0 Å². The van der Waals surface area contributed by atoms with Gasteiger partial charge in [0.25, 0.3) is 5.91 Å². The summed E-state index contributed by atoms with van der Waals surface area (Å²) in [6, 6.07) is 17.4. The third-order valence-electron chi connectivity index (χ3n) is 5.44. The van der Waals surface area contributed by atoms with Crippen LogP contribution in [-0.2, 0) is 12.6 Å².